The van der Waals surface area contributed by atoms with Gasteiger partial charge in [-0.05, 0) is 6.92 Å². The Balaban J connectivity index is -0.000000150. The first kappa shape index (κ1) is 19.5. The van der Waals surface area contributed by atoms with Crippen LogP contribution in [0.5, 0.6) is 0 Å². The summed E-state index contributed by atoms with van der Waals surface area (Å²) in [5, 5.41) is 8.04. The van der Waals surface area contributed by atoms with E-state index in [-0.39, 0.29) is 34.3 Å². The summed E-state index contributed by atoms with van der Waals surface area (Å²) in [5.74, 6) is 0. The molecule has 0 aliphatic rings. The average Bonchev–Trinajstić information content (AvgIpc) is 1.85. The number of hydrogen-bond acceptors (Lipinski definition) is 6. The van der Waals surface area contributed by atoms with Crippen molar-refractivity contribution in [2.24, 2.45) is 0 Å². The summed E-state index contributed by atoms with van der Waals surface area (Å²) < 4.78 is 21.8. The molecule has 0 aromatic rings. The zero-order valence-electron chi connectivity index (χ0n) is 7.11. The molecule has 13 heavy (non-hydrogen) atoms. The minimum Gasteiger partial charge on any atom is -0.781 e. The van der Waals surface area contributed by atoms with Gasteiger partial charge in [0.2, 0.25) is 0 Å². The molecule has 6 nitrogen and oxygen atoms in total. The molecule has 2 atom stereocenters. The zero-order valence-corrected chi connectivity index (χ0v) is 14.6. The van der Waals surface area contributed by atoms with Crippen LogP contribution >= 0.6 is 16.5 Å². The molecule has 0 bridgehead atoms. The van der Waals surface area contributed by atoms with Gasteiger partial charge in [0, 0.05) is 0 Å². The number of hydrogen-bond donors (Lipinski definition) is 1. The Bertz CT molecular complexity index is 171. The van der Waals surface area contributed by atoms with Crippen molar-refractivity contribution in [3.8, 4) is 0 Å². The maximum atomic E-state index is 9.29. The Labute approximate surface area is 98.0 Å². The molecular formula is C4H10HgO6P2. The van der Waals surface area contributed by atoms with Gasteiger partial charge in [-0.25, -0.2) is 0 Å². The first-order valence-corrected chi connectivity index (χ1v) is 5.20. The van der Waals surface area contributed by atoms with Gasteiger partial charge in [0.15, 0.2) is 0 Å². The number of rotatable bonds is 3. The van der Waals surface area contributed by atoms with Crippen LogP contribution < -0.4 is 9.79 Å². The van der Waals surface area contributed by atoms with E-state index in [0.29, 0.717) is 0 Å². The Kier molecular flexibility index (Phi) is 19.5. The summed E-state index contributed by atoms with van der Waals surface area (Å²) in [4.78, 5) is 18.6. The molecule has 0 saturated heterocycles. The van der Waals surface area contributed by atoms with Crippen LogP contribution in [0.15, 0.2) is 12.2 Å². The van der Waals surface area contributed by atoms with Crippen LogP contribution in [0.1, 0.15) is 6.92 Å². The monoisotopic (exact) mass is 418 g/mol. The predicted molar refractivity (Wildman–Crippen MR) is 41.0 cm³/mol. The quantitative estimate of drug-likeness (QED) is 0.361. The van der Waals surface area contributed by atoms with E-state index in [9.17, 15) is 18.9 Å². The summed E-state index contributed by atoms with van der Waals surface area (Å²) in [5.41, 5.74) is 0.810. The minimum atomic E-state index is -3.51. The van der Waals surface area contributed by atoms with Crippen LogP contribution in [0.4, 0.5) is 0 Å². The third-order valence-corrected chi connectivity index (χ3v) is 1.77. The fourth-order valence-corrected chi connectivity index (χ4v) is 0.612. The molecule has 1 N–H and O–H groups in total. The first-order chi connectivity index (χ1) is 5.40. The second-order valence-corrected chi connectivity index (χ2v) is 3.53. The van der Waals surface area contributed by atoms with Gasteiger partial charge >= 0.3 is 27.7 Å². The standard InChI is InChI=1S/C4H8O.Hg.H4O5P2/c1-4(2)3-5;;1-6(2)5-7(3)4/h5H,1,3H2,2H3;;6-7H,(H,1,2)(H,3,4)/q;+2;/p-2. The summed E-state index contributed by atoms with van der Waals surface area (Å²) in [6, 6.07) is 0. The molecule has 0 aromatic carbocycles. The number of aliphatic hydroxyl groups excluding tert-OH is 1. The van der Waals surface area contributed by atoms with E-state index in [1.54, 1.807) is 6.92 Å². The number of aliphatic hydroxyl groups is 1. The predicted octanol–water partition coefficient (Wildman–Crippen LogP) is -0.945. The zero-order chi connectivity index (χ0) is 10.1. The summed E-state index contributed by atoms with van der Waals surface area (Å²) in [7, 11) is -7.03. The normalized spacial score (nSPS) is 12.9. The molecule has 0 heterocycles. The minimum absolute atomic E-state index is 0. The van der Waals surface area contributed by atoms with Crippen LogP contribution in [0.3, 0.4) is 0 Å². The second-order valence-electron chi connectivity index (χ2n) is 1.72. The largest absolute Gasteiger partial charge is 2.00 e. The van der Waals surface area contributed by atoms with Gasteiger partial charge in [-0.15, -0.1) is 0 Å². The summed E-state index contributed by atoms with van der Waals surface area (Å²) in [6.45, 7) is 5.31. The van der Waals surface area contributed by atoms with Crippen LogP contribution in [-0.4, -0.2) is 11.7 Å². The van der Waals surface area contributed by atoms with Crippen LogP contribution in [0.2, 0.25) is 0 Å². The van der Waals surface area contributed by atoms with E-state index in [2.05, 4.69) is 10.9 Å². The molecule has 0 radical (unpaired) electrons. The maximum Gasteiger partial charge on any atom is 2.00 e. The van der Waals surface area contributed by atoms with Gasteiger partial charge in [-0.2, -0.15) is 0 Å². The maximum absolute atomic E-state index is 9.29. The Morgan fingerprint density at radius 3 is 1.69 bits per heavy atom. The molecule has 0 aromatic heterocycles. The van der Waals surface area contributed by atoms with Crippen molar-refractivity contribution in [2.45, 2.75) is 6.92 Å². The van der Waals surface area contributed by atoms with Crippen LogP contribution in [-0.2, 0) is 41.1 Å². The third-order valence-electron chi connectivity index (χ3n) is 0.437. The molecule has 0 aliphatic carbocycles. The fraction of sp³-hybridized carbons (Fsp3) is 0.500. The molecule has 74 valence electrons. The Morgan fingerprint density at radius 1 is 1.46 bits per heavy atom. The molecular weight excluding hydrogens is 407 g/mol. The molecule has 0 saturated carbocycles. The molecule has 9 heteroatoms. The van der Waals surface area contributed by atoms with Crippen molar-refractivity contribution < 1.29 is 56.0 Å². The first-order valence-electron chi connectivity index (χ1n) is 2.75. The van der Waals surface area contributed by atoms with E-state index >= 15 is 0 Å². The van der Waals surface area contributed by atoms with Gasteiger partial charge in [-0.3, -0.25) is 4.31 Å². The molecule has 0 aliphatic heterocycles. The molecule has 2 unspecified atom stereocenters. The van der Waals surface area contributed by atoms with E-state index < -0.39 is 16.5 Å². The van der Waals surface area contributed by atoms with Crippen molar-refractivity contribution in [3.05, 3.63) is 12.2 Å². The van der Waals surface area contributed by atoms with Crippen LogP contribution in [0, 0.1) is 0 Å². The van der Waals surface area contributed by atoms with E-state index in [4.69, 9.17) is 5.11 Å². The van der Waals surface area contributed by atoms with Crippen LogP contribution in [0.25, 0.3) is 0 Å². The van der Waals surface area contributed by atoms with E-state index in [1.165, 1.54) is 0 Å². The smallest absolute Gasteiger partial charge is 0.781 e. The Morgan fingerprint density at radius 2 is 1.69 bits per heavy atom. The fourth-order valence-electron chi connectivity index (χ4n) is 0.0680. The van der Waals surface area contributed by atoms with Gasteiger partial charge in [0.05, 0.1) is 6.61 Å². The molecule has 0 rings (SSSR count). The van der Waals surface area contributed by atoms with Gasteiger partial charge in [-0.1, -0.05) is 12.2 Å². The van der Waals surface area contributed by atoms with Crippen molar-refractivity contribution in [2.75, 3.05) is 6.61 Å². The van der Waals surface area contributed by atoms with Crippen molar-refractivity contribution in [1.29, 1.82) is 0 Å². The van der Waals surface area contributed by atoms with E-state index in [0.717, 1.165) is 5.57 Å². The third kappa shape index (κ3) is 32.1. The topological polar surface area (TPSA) is 110 Å². The Hall–Kier alpha value is 0.975. The van der Waals surface area contributed by atoms with Crippen molar-refractivity contribution >= 4 is 16.5 Å². The average molecular weight is 417 g/mol. The van der Waals surface area contributed by atoms with Crippen molar-refractivity contribution in [3.63, 3.8) is 0 Å². The summed E-state index contributed by atoms with van der Waals surface area (Å²) >= 11 is 0. The second kappa shape index (κ2) is 13.0. The molecule has 0 amide bonds. The molecule has 0 fully saturated rings. The van der Waals surface area contributed by atoms with Gasteiger partial charge in [0.25, 0.3) is 0 Å². The summed E-state index contributed by atoms with van der Waals surface area (Å²) in [6.07, 6.45) is 0. The van der Waals surface area contributed by atoms with Crippen molar-refractivity contribution in [1.82, 2.24) is 0 Å². The van der Waals surface area contributed by atoms with E-state index in [1.807, 2.05) is 0 Å². The SMILES string of the molecule is C=C(C)CO.O=[PH]([O-])O[PH](=O)[O-].[Hg+2]. The molecule has 0 spiro atoms. The van der Waals surface area contributed by atoms with Gasteiger partial charge < -0.3 is 24.0 Å². The van der Waals surface area contributed by atoms with Gasteiger partial charge in [0.1, 0.15) is 16.5 Å².